The Morgan fingerprint density at radius 3 is 2.56 bits per heavy atom. The molecule has 1 rings (SSSR count). The summed E-state index contributed by atoms with van der Waals surface area (Å²) >= 11 is 0. The normalized spacial score (nSPS) is 11.6. The number of rotatable bonds is 6. The molecule has 0 radical (unpaired) electrons. The van der Waals surface area contributed by atoms with E-state index in [-0.39, 0.29) is 13.2 Å². The molecule has 0 atom stereocenters. The fraction of sp³-hybridized carbons (Fsp3) is 0.500. The van der Waals surface area contributed by atoms with Gasteiger partial charge in [-0.2, -0.15) is 13.2 Å². The molecule has 6 heteroatoms. The van der Waals surface area contributed by atoms with Crippen molar-refractivity contribution in [3.63, 3.8) is 0 Å². The van der Waals surface area contributed by atoms with Crippen molar-refractivity contribution >= 4 is 0 Å². The monoisotopic (exact) mass is 266 g/mol. The Bertz CT molecular complexity index is 377. The van der Waals surface area contributed by atoms with E-state index >= 15 is 0 Å². The van der Waals surface area contributed by atoms with E-state index in [1.165, 1.54) is 12.1 Å². The first-order valence-corrected chi connectivity index (χ1v) is 5.42. The highest BCUT2D eigenvalue weighted by Crippen LogP contribution is 2.19. The Kier molecular flexibility index (Phi) is 5.40. The van der Waals surface area contributed by atoms with Crippen molar-refractivity contribution in [2.45, 2.75) is 19.5 Å². The standard InChI is InChI=1S/C12H14F4O2/c1-9-3-4-10(13)7-11(9)18-6-2-5-17-8-12(14,15)16/h3-4,7H,2,5-6,8H2,1H3. The van der Waals surface area contributed by atoms with Gasteiger partial charge in [0.15, 0.2) is 0 Å². The maximum absolute atomic E-state index is 12.9. The third kappa shape index (κ3) is 5.86. The molecule has 0 aromatic heterocycles. The van der Waals surface area contributed by atoms with E-state index in [0.717, 1.165) is 5.56 Å². The zero-order chi connectivity index (χ0) is 13.6. The highest BCUT2D eigenvalue weighted by Gasteiger charge is 2.27. The van der Waals surface area contributed by atoms with Crippen LogP contribution >= 0.6 is 0 Å². The largest absolute Gasteiger partial charge is 0.493 e. The van der Waals surface area contributed by atoms with Crippen LogP contribution in [0.15, 0.2) is 18.2 Å². The second-order valence-corrected chi connectivity index (χ2v) is 3.78. The third-order valence-electron chi connectivity index (χ3n) is 2.11. The molecular formula is C12H14F4O2. The third-order valence-corrected chi connectivity index (χ3v) is 2.11. The van der Waals surface area contributed by atoms with Crippen molar-refractivity contribution in [3.8, 4) is 5.75 Å². The van der Waals surface area contributed by atoms with E-state index in [4.69, 9.17) is 4.74 Å². The zero-order valence-corrected chi connectivity index (χ0v) is 9.89. The minimum Gasteiger partial charge on any atom is -0.493 e. The lowest BCUT2D eigenvalue weighted by Gasteiger charge is -2.10. The molecule has 2 nitrogen and oxygen atoms in total. The lowest BCUT2D eigenvalue weighted by molar-refractivity contribution is -0.174. The molecule has 0 N–H and O–H groups in total. The molecule has 0 aliphatic rings. The Morgan fingerprint density at radius 1 is 1.17 bits per heavy atom. The summed E-state index contributed by atoms with van der Waals surface area (Å²) in [4.78, 5) is 0. The van der Waals surface area contributed by atoms with Gasteiger partial charge in [-0.05, 0) is 18.6 Å². The van der Waals surface area contributed by atoms with E-state index in [1.54, 1.807) is 13.0 Å². The Labute approximate surface area is 103 Å². The number of hydrogen-bond acceptors (Lipinski definition) is 2. The van der Waals surface area contributed by atoms with Crippen molar-refractivity contribution in [1.29, 1.82) is 0 Å². The van der Waals surface area contributed by atoms with Crippen molar-refractivity contribution in [3.05, 3.63) is 29.6 Å². The summed E-state index contributed by atoms with van der Waals surface area (Å²) in [6.07, 6.45) is -3.99. The van der Waals surface area contributed by atoms with Gasteiger partial charge in [-0.15, -0.1) is 0 Å². The van der Waals surface area contributed by atoms with Crippen LogP contribution in [0.2, 0.25) is 0 Å². The van der Waals surface area contributed by atoms with Gasteiger partial charge >= 0.3 is 6.18 Å². The Hall–Kier alpha value is -1.30. The number of halogens is 4. The van der Waals surface area contributed by atoms with Gasteiger partial charge in [-0.25, -0.2) is 4.39 Å². The summed E-state index contributed by atoms with van der Waals surface area (Å²) in [5, 5.41) is 0. The van der Waals surface area contributed by atoms with Crippen LogP contribution in [-0.2, 0) is 4.74 Å². The van der Waals surface area contributed by atoms with Gasteiger partial charge in [0.1, 0.15) is 18.2 Å². The van der Waals surface area contributed by atoms with Gasteiger partial charge in [-0.1, -0.05) is 6.07 Å². The highest BCUT2D eigenvalue weighted by atomic mass is 19.4. The van der Waals surface area contributed by atoms with Crippen LogP contribution in [0.4, 0.5) is 17.6 Å². The molecule has 102 valence electrons. The Balaban J connectivity index is 2.20. The van der Waals surface area contributed by atoms with Gasteiger partial charge in [0.2, 0.25) is 0 Å². The molecule has 0 heterocycles. The SMILES string of the molecule is Cc1ccc(F)cc1OCCCOCC(F)(F)F. The van der Waals surface area contributed by atoms with E-state index in [2.05, 4.69) is 4.74 Å². The van der Waals surface area contributed by atoms with Crippen LogP contribution in [0.25, 0.3) is 0 Å². The summed E-state index contributed by atoms with van der Waals surface area (Å²) < 4.78 is 57.7. The number of aryl methyl sites for hydroxylation is 1. The van der Waals surface area contributed by atoms with Crippen molar-refractivity contribution in [2.75, 3.05) is 19.8 Å². The van der Waals surface area contributed by atoms with Crippen molar-refractivity contribution in [1.82, 2.24) is 0 Å². The molecule has 0 saturated heterocycles. The minimum absolute atomic E-state index is 0.0477. The summed E-state index contributed by atoms with van der Waals surface area (Å²) in [6, 6.07) is 4.13. The fourth-order valence-electron chi connectivity index (χ4n) is 1.26. The van der Waals surface area contributed by atoms with Crippen LogP contribution < -0.4 is 4.74 Å². The Morgan fingerprint density at radius 2 is 1.89 bits per heavy atom. The van der Waals surface area contributed by atoms with E-state index < -0.39 is 18.6 Å². The van der Waals surface area contributed by atoms with Crippen molar-refractivity contribution in [2.24, 2.45) is 0 Å². The number of ether oxygens (including phenoxy) is 2. The fourth-order valence-corrected chi connectivity index (χ4v) is 1.26. The lowest BCUT2D eigenvalue weighted by atomic mass is 10.2. The predicted octanol–water partition coefficient (Wildman–Crippen LogP) is 3.48. The van der Waals surface area contributed by atoms with Crippen LogP contribution in [0.3, 0.4) is 0 Å². The molecule has 0 unspecified atom stereocenters. The smallest absolute Gasteiger partial charge is 0.411 e. The second kappa shape index (κ2) is 6.58. The minimum atomic E-state index is -4.31. The summed E-state index contributed by atoms with van der Waals surface area (Å²) in [5.41, 5.74) is 0.771. The maximum atomic E-state index is 12.9. The zero-order valence-electron chi connectivity index (χ0n) is 9.89. The molecule has 0 bridgehead atoms. The molecule has 0 fully saturated rings. The molecule has 0 aliphatic carbocycles. The molecule has 1 aromatic carbocycles. The molecule has 1 aromatic rings. The van der Waals surface area contributed by atoms with Gasteiger partial charge in [0.25, 0.3) is 0 Å². The van der Waals surface area contributed by atoms with Crippen molar-refractivity contribution < 1.29 is 27.0 Å². The number of alkyl halides is 3. The van der Waals surface area contributed by atoms with E-state index in [1.807, 2.05) is 0 Å². The van der Waals surface area contributed by atoms with Gasteiger partial charge in [0.05, 0.1) is 13.2 Å². The first-order chi connectivity index (χ1) is 8.38. The van der Waals surface area contributed by atoms with Crippen LogP contribution in [0.5, 0.6) is 5.75 Å². The summed E-state index contributed by atoms with van der Waals surface area (Å²) in [5.74, 6) is -0.0188. The average molecular weight is 266 g/mol. The van der Waals surface area contributed by atoms with Crippen LogP contribution in [-0.4, -0.2) is 26.0 Å². The van der Waals surface area contributed by atoms with Crippen LogP contribution in [0, 0.1) is 12.7 Å². The first-order valence-electron chi connectivity index (χ1n) is 5.42. The van der Waals surface area contributed by atoms with E-state index in [0.29, 0.717) is 12.2 Å². The topological polar surface area (TPSA) is 18.5 Å². The summed E-state index contributed by atoms with van der Waals surface area (Å²) in [7, 11) is 0. The molecule has 0 aliphatic heterocycles. The first kappa shape index (κ1) is 14.8. The molecular weight excluding hydrogens is 252 g/mol. The predicted molar refractivity (Wildman–Crippen MR) is 58.1 cm³/mol. The molecule has 18 heavy (non-hydrogen) atoms. The molecule has 0 spiro atoms. The molecule has 0 saturated carbocycles. The average Bonchev–Trinajstić information content (AvgIpc) is 2.26. The van der Waals surface area contributed by atoms with Gasteiger partial charge in [0, 0.05) is 12.5 Å². The molecule has 0 amide bonds. The number of benzene rings is 1. The number of hydrogen-bond donors (Lipinski definition) is 0. The lowest BCUT2D eigenvalue weighted by Crippen LogP contribution is -2.18. The van der Waals surface area contributed by atoms with Crippen LogP contribution in [0.1, 0.15) is 12.0 Å². The maximum Gasteiger partial charge on any atom is 0.411 e. The van der Waals surface area contributed by atoms with E-state index in [9.17, 15) is 17.6 Å². The van der Waals surface area contributed by atoms with Gasteiger partial charge < -0.3 is 9.47 Å². The summed E-state index contributed by atoms with van der Waals surface area (Å²) in [6.45, 7) is 0.636. The highest BCUT2D eigenvalue weighted by molar-refractivity contribution is 5.32. The van der Waals surface area contributed by atoms with Gasteiger partial charge in [-0.3, -0.25) is 0 Å². The quantitative estimate of drug-likeness (QED) is 0.579. The second-order valence-electron chi connectivity index (χ2n) is 3.78.